The number of rotatable bonds is 11. The van der Waals surface area contributed by atoms with Crippen molar-refractivity contribution in [3.05, 3.63) is 0 Å². The number of aliphatic carboxylic acids is 1. The number of hydrogen-bond donors (Lipinski definition) is 1. The number of unbranched alkanes of at least 4 members (excludes halogenated alkanes) is 7. The minimum absolute atomic E-state index is 0. The van der Waals surface area contributed by atoms with E-state index in [1.54, 1.807) is 0 Å². The molecule has 0 bridgehead atoms. The maximum atomic E-state index is 10.2. The van der Waals surface area contributed by atoms with Crippen LogP contribution in [0.1, 0.15) is 61.1 Å². The second-order valence-corrected chi connectivity index (χ2v) is 5.03. The van der Waals surface area contributed by atoms with Crippen LogP contribution in [0.4, 0.5) is 0 Å². The van der Waals surface area contributed by atoms with Crippen LogP contribution in [-0.4, -0.2) is 45.6 Å². The molecule has 0 radical (unpaired) electrons. The molecule has 0 fully saturated rings. The molecule has 0 amide bonds. The average Bonchev–Trinajstić information content (AvgIpc) is 2.20. The molecule has 0 atom stereocenters. The SMILES string of the molecule is CCCCCCCCCCSCC(=O)O.[H-].[H-].[Mg+2]. The van der Waals surface area contributed by atoms with Crippen LogP contribution in [0.25, 0.3) is 0 Å². The van der Waals surface area contributed by atoms with Gasteiger partial charge < -0.3 is 7.96 Å². The van der Waals surface area contributed by atoms with Gasteiger partial charge in [-0.1, -0.05) is 51.9 Å². The third-order valence-corrected chi connectivity index (χ3v) is 3.40. The molecule has 0 unspecified atom stereocenters. The van der Waals surface area contributed by atoms with Crippen LogP contribution >= 0.6 is 11.8 Å². The quantitative estimate of drug-likeness (QED) is 0.453. The van der Waals surface area contributed by atoms with E-state index in [-0.39, 0.29) is 31.7 Å². The van der Waals surface area contributed by atoms with Gasteiger partial charge in [-0.2, -0.15) is 11.8 Å². The first kappa shape index (κ1) is 18.9. The molecule has 0 rings (SSSR count). The number of thioether (sulfide) groups is 1. The Labute approximate surface area is 123 Å². The largest absolute Gasteiger partial charge is 2.00 e. The zero-order valence-corrected chi connectivity index (χ0v) is 12.8. The van der Waals surface area contributed by atoms with Gasteiger partial charge in [-0.3, -0.25) is 4.79 Å². The molecule has 0 aromatic rings. The molecule has 0 saturated heterocycles. The summed E-state index contributed by atoms with van der Waals surface area (Å²) in [4.78, 5) is 10.2. The number of carbonyl (C=O) groups is 1. The number of carboxylic acid groups (broad SMARTS) is 1. The summed E-state index contributed by atoms with van der Waals surface area (Å²) in [5, 5.41) is 8.42. The van der Waals surface area contributed by atoms with Crippen molar-refractivity contribution in [2.24, 2.45) is 0 Å². The first-order valence-corrected chi connectivity index (χ1v) is 7.22. The third-order valence-electron chi connectivity index (χ3n) is 2.37. The molecule has 1 N–H and O–H groups in total. The first-order chi connectivity index (χ1) is 7.27. The van der Waals surface area contributed by atoms with Crippen molar-refractivity contribution in [2.75, 3.05) is 11.5 Å². The summed E-state index contributed by atoms with van der Waals surface area (Å²) in [6.45, 7) is 2.24. The van der Waals surface area contributed by atoms with Crippen molar-refractivity contribution in [1.82, 2.24) is 0 Å². The van der Waals surface area contributed by atoms with Crippen LogP contribution in [0, 0.1) is 0 Å². The molecule has 94 valence electrons. The van der Waals surface area contributed by atoms with Gasteiger partial charge in [-0.15, -0.1) is 0 Å². The molecular weight excluding hydrogens is 233 g/mol. The minimum atomic E-state index is -0.695. The molecule has 2 nitrogen and oxygen atoms in total. The van der Waals surface area contributed by atoms with Crippen molar-refractivity contribution in [3.63, 3.8) is 0 Å². The minimum Gasteiger partial charge on any atom is -1.00 e. The Balaban J connectivity index is -0.000000327. The van der Waals surface area contributed by atoms with Crippen molar-refractivity contribution in [2.45, 2.75) is 58.3 Å². The Bertz CT molecular complexity index is 163. The first-order valence-electron chi connectivity index (χ1n) is 6.07. The predicted octanol–water partition coefficient (Wildman–Crippen LogP) is 3.79. The zero-order valence-electron chi connectivity index (χ0n) is 12.5. The summed E-state index contributed by atoms with van der Waals surface area (Å²) in [7, 11) is 0. The molecule has 0 aliphatic rings. The molecule has 0 saturated carbocycles. The van der Waals surface area contributed by atoms with E-state index in [1.807, 2.05) is 0 Å². The molecular formula is C12H26MgO2S. The predicted molar refractivity (Wildman–Crippen MR) is 75.5 cm³/mol. The Morgan fingerprint density at radius 3 is 2.06 bits per heavy atom. The molecule has 4 heteroatoms. The summed E-state index contributed by atoms with van der Waals surface area (Å²) in [6, 6.07) is 0. The topological polar surface area (TPSA) is 37.3 Å². The summed E-state index contributed by atoms with van der Waals surface area (Å²) >= 11 is 1.53. The molecule has 0 aliphatic carbocycles. The van der Waals surface area contributed by atoms with Crippen LogP contribution in [-0.2, 0) is 4.79 Å². The smallest absolute Gasteiger partial charge is 1.00 e. The second-order valence-electron chi connectivity index (χ2n) is 3.92. The molecule has 0 spiro atoms. The monoisotopic (exact) mass is 258 g/mol. The van der Waals surface area contributed by atoms with Crippen molar-refractivity contribution >= 4 is 40.8 Å². The summed E-state index contributed by atoms with van der Waals surface area (Å²) in [6.07, 6.45) is 10.5. The van der Waals surface area contributed by atoms with Gasteiger partial charge in [-0.25, -0.2) is 0 Å². The van der Waals surface area contributed by atoms with Gasteiger partial charge in [0.25, 0.3) is 0 Å². The Hall–Kier alpha value is 0.586. The molecule has 16 heavy (non-hydrogen) atoms. The Morgan fingerprint density at radius 2 is 1.56 bits per heavy atom. The fourth-order valence-corrected chi connectivity index (χ4v) is 2.22. The van der Waals surface area contributed by atoms with Crippen LogP contribution in [0.15, 0.2) is 0 Å². The third kappa shape index (κ3) is 17.0. The maximum absolute atomic E-state index is 10.2. The molecule has 0 aliphatic heterocycles. The van der Waals surface area contributed by atoms with Gasteiger partial charge in [-0.05, 0) is 12.2 Å². The second kappa shape index (κ2) is 15.6. The summed E-state index contributed by atoms with van der Waals surface area (Å²) < 4.78 is 0. The van der Waals surface area contributed by atoms with Gasteiger partial charge in [0.05, 0.1) is 5.75 Å². The van der Waals surface area contributed by atoms with Crippen molar-refractivity contribution < 1.29 is 12.8 Å². The fourth-order valence-electron chi connectivity index (χ4n) is 1.50. The van der Waals surface area contributed by atoms with E-state index in [4.69, 9.17) is 5.11 Å². The van der Waals surface area contributed by atoms with E-state index in [2.05, 4.69) is 6.92 Å². The normalized spacial score (nSPS) is 9.81. The summed E-state index contributed by atoms with van der Waals surface area (Å²) in [5.41, 5.74) is 0. The zero-order chi connectivity index (χ0) is 11.4. The van der Waals surface area contributed by atoms with Gasteiger partial charge >= 0.3 is 29.0 Å². The van der Waals surface area contributed by atoms with E-state index in [0.29, 0.717) is 0 Å². The average molecular weight is 259 g/mol. The van der Waals surface area contributed by atoms with Gasteiger partial charge in [0.1, 0.15) is 0 Å². The van der Waals surface area contributed by atoms with Crippen LogP contribution in [0.2, 0.25) is 0 Å². The standard InChI is InChI=1S/C12H24O2S.Mg.2H/c1-2-3-4-5-6-7-8-9-10-15-11-12(13)14;;;/h2-11H2,1H3,(H,13,14);;;/q;+2;2*-1. The number of hydrogen-bond acceptors (Lipinski definition) is 2. The van der Waals surface area contributed by atoms with E-state index in [1.165, 1.54) is 63.1 Å². The fraction of sp³-hybridized carbons (Fsp3) is 0.917. The Kier molecular flexibility index (Phi) is 18.4. The van der Waals surface area contributed by atoms with E-state index in [9.17, 15) is 4.79 Å². The maximum Gasteiger partial charge on any atom is 2.00 e. The van der Waals surface area contributed by atoms with Gasteiger partial charge in [0, 0.05) is 0 Å². The van der Waals surface area contributed by atoms with Crippen LogP contribution in [0.5, 0.6) is 0 Å². The van der Waals surface area contributed by atoms with Crippen molar-refractivity contribution in [1.29, 1.82) is 0 Å². The Morgan fingerprint density at radius 1 is 1.06 bits per heavy atom. The van der Waals surface area contributed by atoms with E-state index >= 15 is 0 Å². The van der Waals surface area contributed by atoms with Crippen LogP contribution < -0.4 is 0 Å². The molecule has 0 aromatic carbocycles. The van der Waals surface area contributed by atoms with Crippen LogP contribution in [0.3, 0.4) is 0 Å². The van der Waals surface area contributed by atoms with E-state index in [0.717, 1.165) is 5.75 Å². The molecule has 0 heterocycles. The van der Waals surface area contributed by atoms with E-state index < -0.39 is 5.97 Å². The van der Waals surface area contributed by atoms with Gasteiger partial charge in [0.15, 0.2) is 0 Å². The van der Waals surface area contributed by atoms with Gasteiger partial charge in [0.2, 0.25) is 0 Å². The van der Waals surface area contributed by atoms with Crippen molar-refractivity contribution in [3.8, 4) is 0 Å². The number of carboxylic acids is 1. The summed E-state index contributed by atoms with van der Waals surface area (Å²) in [5.74, 6) is 0.567. The molecule has 0 aromatic heterocycles.